The molecule has 0 radical (unpaired) electrons. The van der Waals surface area contributed by atoms with E-state index in [1.54, 1.807) is 12.1 Å². The lowest BCUT2D eigenvalue weighted by atomic mass is 10.1. The molecule has 1 N–H and O–H groups in total. The van der Waals surface area contributed by atoms with Crippen molar-refractivity contribution in [2.24, 2.45) is 0 Å². The zero-order valence-corrected chi connectivity index (χ0v) is 17.0. The molecule has 2 aromatic carbocycles. The summed E-state index contributed by atoms with van der Waals surface area (Å²) < 4.78 is 31.9. The van der Waals surface area contributed by atoms with Gasteiger partial charge in [0.2, 0.25) is 10.0 Å². The molecule has 7 heteroatoms. The van der Waals surface area contributed by atoms with E-state index in [0.717, 1.165) is 16.7 Å². The number of hydrogen-bond acceptors (Lipinski definition) is 5. The summed E-state index contributed by atoms with van der Waals surface area (Å²) in [4.78, 5) is 2.14. The molecule has 1 aliphatic heterocycles. The molecule has 0 unspecified atom stereocenters. The molecule has 28 heavy (non-hydrogen) atoms. The number of rotatable bonds is 6. The highest BCUT2D eigenvalue weighted by Gasteiger charge is 2.25. The minimum Gasteiger partial charge on any atom is -0.504 e. The molecule has 0 atom stereocenters. The molecule has 2 aromatic rings. The lowest BCUT2D eigenvalue weighted by Crippen LogP contribution is -2.47. The van der Waals surface area contributed by atoms with Gasteiger partial charge in [-0.25, -0.2) is 8.42 Å². The van der Waals surface area contributed by atoms with Crippen LogP contribution in [0.2, 0.25) is 0 Å². The highest BCUT2D eigenvalue weighted by molar-refractivity contribution is 7.92. The SMILES string of the molecule is COc1cc(C)cc(CN2CCN(S(=O)(=O)/C=C/c3ccccc3)CC2)c1O. The van der Waals surface area contributed by atoms with E-state index in [1.165, 1.54) is 16.8 Å². The third-order valence-electron chi connectivity index (χ3n) is 4.84. The molecular weight excluding hydrogens is 376 g/mol. The lowest BCUT2D eigenvalue weighted by molar-refractivity contribution is 0.180. The number of phenols is 1. The third-order valence-corrected chi connectivity index (χ3v) is 6.40. The van der Waals surface area contributed by atoms with Gasteiger partial charge < -0.3 is 9.84 Å². The summed E-state index contributed by atoms with van der Waals surface area (Å²) in [5, 5.41) is 11.6. The first-order valence-electron chi connectivity index (χ1n) is 9.21. The van der Waals surface area contributed by atoms with Crippen molar-refractivity contribution in [2.75, 3.05) is 33.3 Å². The molecule has 1 fully saturated rings. The largest absolute Gasteiger partial charge is 0.504 e. The van der Waals surface area contributed by atoms with E-state index in [4.69, 9.17) is 4.74 Å². The van der Waals surface area contributed by atoms with Crippen LogP contribution in [0.5, 0.6) is 11.5 Å². The normalized spacial score (nSPS) is 16.5. The monoisotopic (exact) mass is 402 g/mol. The average molecular weight is 403 g/mol. The van der Waals surface area contributed by atoms with Gasteiger partial charge in [-0.15, -0.1) is 0 Å². The smallest absolute Gasteiger partial charge is 0.236 e. The molecule has 3 rings (SSSR count). The molecule has 0 amide bonds. The van der Waals surface area contributed by atoms with E-state index in [1.807, 2.05) is 43.3 Å². The Bertz CT molecular complexity index is 934. The van der Waals surface area contributed by atoms with Crippen LogP contribution in [-0.4, -0.2) is 56.0 Å². The molecule has 6 nitrogen and oxygen atoms in total. The highest BCUT2D eigenvalue weighted by atomic mass is 32.2. The van der Waals surface area contributed by atoms with Crippen LogP contribution >= 0.6 is 0 Å². The number of ether oxygens (including phenoxy) is 1. The number of hydrogen-bond donors (Lipinski definition) is 1. The van der Waals surface area contributed by atoms with Crippen molar-refractivity contribution >= 4 is 16.1 Å². The van der Waals surface area contributed by atoms with Crippen molar-refractivity contribution in [2.45, 2.75) is 13.5 Å². The Hall–Kier alpha value is -2.35. The summed E-state index contributed by atoms with van der Waals surface area (Å²) in [5.74, 6) is 0.608. The first-order valence-corrected chi connectivity index (χ1v) is 10.7. The van der Waals surface area contributed by atoms with Crippen LogP contribution in [0.3, 0.4) is 0 Å². The van der Waals surface area contributed by atoms with Crippen molar-refractivity contribution < 1.29 is 18.3 Å². The van der Waals surface area contributed by atoms with Gasteiger partial charge in [-0.1, -0.05) is 36.4 Å². The highest BCUT2D eigenvalue weighted by Crippen LogP contribution is 2.32. The summed E-state index contributed by atoms with van der Waals surface area (Å²) in [6, 6.07) is 13.1. The Kier molecular flexibility index (Phi) is 6.39. The number of nitrogens with zero attached hydrogens (tertiary/aromatic N) is 2. The minimum atomic E-state index is -3.45. The summed E-state index contributed by atoms with van der Waals surface area (Å²) in [7, 11) is -1.91. The van der Waals surface area contributed by atoms with E-state index in [0.29, 0.717) is 38.5 Å². The maximum absolute atomic E-state index is 12.6. The van der Waals surface area contributed by atoms with Crippen LogP contribution in [0.1, 0.15) is 16.7 Å². The van der Waals surface area contributed by atoms with Gasteiger partial charge in [0.05, 0.1) is 7.11 Å². The Morgan fingerprint density at radius 1 is 1.11 bits per heavy atom. The number of sulfonamides is 1. The average Bonchev–Trinajstić information content (AvgIpc) is 2.70. The van der Waals surface area contributed by atoms with Crippen LogP contribution < -0.4 is 4.74 Å². The fourth-order valence-corrected chi connectivity index (χ4v) is 4.47. The lowest BCUT2D eigenvalue weighted by Gasteiger charge is -2.33. The predicted molar refractivity (Wildman–Crippen MR) is 111 cm³/mol. The van der Waals surface area contributed by atoms with Crippen molar-refractivity contribution in [1.82, 2.24) is 9.21 Å². The number of aryl methyl sites for hydroxylation is 1. The molecule has 0 saturated carbocycles. The number of benzene rings is 2. The maximum atomic E-state index is 12.6. The summed E-state index contributed by atoms with van der Waals surface area (Å²) >= 11 is 0. The molecule has 1 saturated heterocycles. The van der Waals surface area contributed by atoms with Crippen LogP contribution in [0, 0.1) is 6.92 Å². The quantitative estimate of drug-likeness (QED) is 0.805. The number of methoxy groups -OCH3 is 1. The minimum absolute atomic E-state index is 0.147. The number of piperazine rings is 1. The second kappa shape index (κ2) is 8.77. The van der Waals surface area contributed by atoms with E-state index in [-0.39, 0.29) is 5.75 Å². The van der Waals surface area contributed by atoms with E-state index in [9.17, 15) is 13.5 Å². The summed E-state index contributed by atoms with van der Waals surface area (Å²) in [6.07, 6.45) is 1.62. The van der Waals surface area contributed by atoms with Gasteiger partial charge in [-0.05, 0) is 30.2 Å². The Morgan fingerprint density at radius 2 is 1.79 bits per heavy atom. The first kappa shape index (κ1) is 20.4. The molecule has 150 valence electrons. The zero-order valence-electron chi connectivity index (χ0n) is 16.2. The van der Waals surface area contributed by atoms with Crippen LogP contribution in [0.15, 0.2) is 47.9 Å². The second-order valence-corrected chi connectivity index (χ2v) is 8.73. The molecule has 1 heterocycles. The molecule has 0 spiro atoms. The first-order chi connectivity index (χ1) is 13.4. The Labute approximate surface area is 166 Å². The Balaban J connectivity index is 1.62. The second-order valence-electron chi connectivity index (χ2n) is 6.91. The summed E-state index contributed by atoms with van der Waals surface area (Å²) in [6.45, 7) is 4.56. The topological polar surface area (TPSA) is 70.1 Å². The van der Waals surface area contributed by atoms with Crippen molar-refractivity contribution in [1.29, 1.82) is 0 Å². The van der Waals surface area contributed by atoms with Gasteiger partial charge in [0, 0.05) is 43.7 Å². The Morgan fingerprint density at radius 3 is 2.43 bits per heavy atom. The van der Waals surface area contributed by atoms with Gasteiger partial charge in [-0.2, -0.15) is 4.31 Å². The van der Waals surface area contributed by atoms with Crippen LogP contribution in [-0.2, 0) is 16.6 Å². The standard InChI is InChI=1S/C21H26N2O4S/c1-17-14-19(21(24)20(15-17)27-2)16-22-9-11-23(12-10-22)28(25,26)13-8-18-6-4-3-5-7-18/h3-8,13-15,24H,9-12,16H2,1-2H3/b13-8+. The van der Waals surface area contributed by atoms with Gasteiger partial charge in [0.25, 0.3) is 0 Å². The molecule has 1 aliphatic rings. The molecule has 0 aromatic heterocycles. The fourth-order valence-electron chi connectivity index (χ4n) is 3.29. The molecule has 0 aliphatic carbocycles. The van der Waals surface area contributed by atoms with Gasteiger partial charge in [0.1, 0.15) is 0 Å². The maximum Gasteiger partial charge on any atom is 0.236 e. The van der Waals surface area contributed by atoms with Crippen LogP contribution in [0.25, 0.3) is 6.08 Å². The van der Waals surface area contributed by atoms with Gasteiger partial charge in [0.15, 0.2) is 11.5 Å². The zero-order chi connectivity index (χ0) is 20.1. The summed E-state index contributed by atoms with van der Waals surface area (Å²) in [5.41, 5.74) is 2.66. The fraction of sp³-hybridized carbons (Fsp3) is 0.333. The number of aromatic hydroxyl groups is 1. The van der Waals surface area contributed by atoms with Crippen LogP contribution in [0.4, 0.5) is 0 Å². The van der Waals surface area contributed by atoms with Crippen molar-refractivity contribution in [3.05, 3.63) is 64.6 Å². The molecular formula is C21H26N2O4S. The van der Waals surface area contributed by atoms with E-state index in [2.05, 4.69) is 4.90 Å². The van der Waals surface area contributed by atoms with Crippen molar-refractivity contribution in [3.8, 4) is 11.5 Å². The van der Waals surface area contributed by atoms with Gasteiger partial charge >= 0.3 is 0 Å². The number of phenolic OH excluding ortho intramolecular Hbond substituents is 1. The van der Waals surface area contributed by atoms with E-state index >= 15 is 0 Å². The van der Waals surface area contributed by atoms with Crippen molar-refractivity contribution in [3.63, 3.8) is 0 Å². The predicted octanol–water partition coefficient (Wildman–Crippen LogP) is 2.83. The molecule has 0 bridgehead atoms. The third kappa shape index (κ3) is 4.92. The van der Waals surface area contributed by atoms with Gasteiger partial charge in [-0.3, -0.25) is 4.90 Å². The van der Waals surface area contributed by atoms with E-state index < -0.39 is 10.0 Å².